The van der Waals surface area contributed by atoms with Crippen LogP contribution >= 0.6 is 0 Å². The van der Waals surface area contributed by atoms with E-state index in [-0.39, 0.29) is 18.4 Å². The summed E-state index contributed by atoms with van der Waals surface area (Å²) in [5, 5.41) is 8.78. The van der Waals surface area contributed by atoms with Gasteiger partial charge in [-0.3, -0.25) is 4.79 Å². The number of nitrogens with zero attached hydrogens (tertiary/aromatic N) is 1. The summed E-state index contributed by atoms with van der Waals surface area (Å²) in [6.07, 6.45) is 2.19. The molecular weight excluding hydrogens is 216 g/mol. The lowest BCUT2D eigenvalue weighted by Gasteiger charge is -2.24. The maximum Gasteiger partial charge on any atom is 0.222 e. The van der Waals surface area contributed by atoms with Gasteiger partial charge in [0.1, 0.15) is 0 Å². The first-order chi connectivity index (χ1) is 8.04. The molecular formula is C13H28N2O2. The minimum atomic E-state index is 0.135. The molecule has 0 aliphatic rings. The van der Waals surface area contributed by atoms with Crippen LogP contribution in [0.5, 0.6) is 0 Å². The van der Waals surface area contributed by atoms with Crippen molar-refractivity contribution in [2.24, 2.45) is 17.6 Å². The van der Waals surface area contributed by atoms with Crippen LogP contribution in [0.2, 0.25) is 0 Å². The van der Waals surface area contributed by atoms with Crippen LogP contribution in [-0.2, 0) is 4.79 Å². The molecule has 0 aliphatic heterocycles. The van der Waals surface area contributed by atoms with E-state index in [9.17, 15) is 4.79 Å². The van der Waals surface area contributed by atoms with Crippen molar-refractivity contribution in [1.82, 2.24) is 4.90 Å². The molecule has 0 saturated carbocycles. The SMILES string of the molecule is CCN(CCCO)C(=O)C[C@@H](CN)CC(C)C. The number of nitrogens with two attached hydrogens (primary N) is 1. The molecule has 0 unspecified atom stereocenters. The zero-order valence-electron chi connectivity index (χ0n) is 11.5. The average molecular weight is 244 g/mol. The van der Waals surface area contributed by atoms with Gasteiger partial charge in [0.15, 0.2) is 0 Å². The zero-order valence-corrected chi connectivity index (χ0v) is 11.5. The normalized spacial score (nSPS) is 12.8. The summed E-state index contributed by atoms with van der Waals surface area (Å²) in [6.45, 7) is 8.32. The molecule has 0 aromatic rings. The van der Waals surface area contributed by atoms with Crippen molar-refractivity contribution < 1.29 is 9.90 Å². The lowest BCUT2D eigenvalue weighted by atomic mass is 9.94. The number of amides is 1. The molecule has 0 spiro atoms. The summed E-state index contributed by atoms with van der Waals surface area (Å²) in [4.78, 5) is 13.8. The van der Waals surface area contributed by atoms with Crippen LogP contribution in [0.3, 0.4) is 0 Å². The van der Waals surface area contributed by atoms with Gasteiger partial charge in [0.05, 0.1) is 0 Å². The van der Waals surface area contributed by atoms with Gasteiger partial charge in [-0.05, 0) is 38.1 Å². The van der Waals surface area contributed by atoms with E-state index in [1.807, 2.05) is 6.92 Å². The molecule has 102 valence electrons. The first kappa shape index (κ1) is 16.4. The van der Waals surface area contributed by atoms with Crippen LogP contribution in [0.25, 0.3) is 0 Å². The van der Waals surface area contributed by atoms with Crippen molar-refractivity contribution in [3.63, 3.8) is 0 Å². The zero-order chi connectivity index (χ0) is 13.3. The fourth-order valence-corrected chi connectivity index (χ4v) is 2.03. The third-order valence-corrected chi connectivity index (χ3v) is 2.92. The predicted molar refractivity (Wildman–Crippen MR) is 70.6 cm³/mol. The molecule has 4 heteroatoms. The number of aliphatic hydroxyl groups excluding tert-OH is 1. The van der Waals surface area contributed by atoms with E-state index >= 15 is 0 Å². The van der Waals surface area contributed by atoms with Crippen LogP contribution in [0, 0.1) is 11.8 Å². The molecule has 3 N–H and O–H groups in total. The highest BCUT2D eigenvalue weighted by molar-refractivity contribution is 5.76. The first-order valence-electron chi connectivity index (χ1n) is 6.63. The molecule has 0 bridgehead atoms. The maximum atomic E-state index is 12.0. The van der Waals surface area contributed by atoms with Crippen LogP contribution in [-0.4, -0.2) is 42.2 Å². The van der Waals surface area contributed by atoms with Gasteiger partial charge in [-0.2, -0.15) is 0 Å². The minimum absolute atomic E-state index is 0.135. The Hall–Kier alpha value is -0.610. The predicted octanol–water partition coefficient (Wildman–Crippen LogP) is 1.23. The van der Waals surface area contributed by atoms with Gasteiger partial charge < -0.3 is 15.7 Å². The van der Waals surface area contributed by atoms with Crippen molar-refractivity contribution >= 4 is 5.91 Å². The van der Waals surface area contributed by atoms with Gasteiger partial charge in [0.2, 0.25) is 5.91 Å². The summed E-state index contributed by atoms with van der Waals surface area (Å²) < 4.78 is 0. The van der Waals surface area contributed by atoms with Gasteiger partial charge in [-0.1, -0.05) is 13.8 Å². The topological polar surface area (TPSA) is 66.6 Å². The van der Waals surface area contributed by atoms with E-state index in [2.05, 4.69) is 13.8 Å². The van der Waals surface area contributed by atoms with Crippen molar-refractivity contribution in [3.8, 4) is 0 Å². The Kier molecular flexibility index (Phi) is 9.09. The van der Waals surface area contributed by atoms with Gasteiger partial charge >= 0.3 is 0 Å². The molecule has 0 rings (SSSR count). The van der Waals surface area contributed by atoms with Gasteiger partial charge in [0.25, 0.3) is 0 Å². The van der Waals surface area contributed by atoms with E-state index in [1.165, 1.54) is 0 Å². The lowest BCUT2D eigenvalue weighted by molar-refractivity contribution is -0.132. The van der Waals surface area contributed by atoms with E-state index in [4.69, 9.17) is 10.8 Å². The molecule has 4 nitrogen and oxygen atoms in total. The molecule has 0 aliphatic carbocycles. The van der Waals surface area contributed by atoms with E-state index in [0.717, 1.165) is 6.42 Å². The third kappa shape index (κ3) is 7.34. The quantitative estimate of drug-likeness (QED) is 0.641. The number of hydrogen-bond acceptors (Lipinski definition) is 3. The summed E-state index contributed by atoms with van der Waals surface area (Å²) in [6, 6.07) is 0. The Balaban J connectivity index is 4.16. The molecule has 17 heavy (non-hydrogen) atoms. The summed E-state index contributed by atoms with van der Waals surface area (Å²) in [5.41, 5.74) is 5.70. The Labute approximate surface area is 105 Å². The highest BCUT2D eigenvalue weighted by Gasteiger charge is 2.17. The van der Waals surface area contributed by atoms with E-state index in [0.29, 0.717) is 38.4 Å². The van der Waals surface area contributed by atoms with Crippen molar-refractivity contribution in [2.45, 2.75) is 40.0 Å². The largest absolute Gasteiger partial charge is 0.396 e. The second-order valence-corrected chi connectivity index (χ2v) is 4.99. The standard InChI is InChI=1S/C13H28N2O2/c1-4-15(6-5-7-16)13(17)9-12(10-14)8-11(2)3/h11-12,16H,4-10,14H2,1-3H3/t12-/m0/s1. The maximum absolute atomic E-state index is 12.0. The third-order valence-electron chi connectivity index (χ3n) is 2.92. The smallest absolute Gasteiger partial charge is 0.222 e. The van der Waals surface area contributed by atoms with Crippen LogP contribution in [0.1, 0.15) is 40.0 Å². The molecule has 1 amide bonds. The van der Waals surface area contributed by atoms with Gasteiger partial charge in [-0.25, -0.2) is 0 Å². The van der Waals surface area contributed by atoms with Crippen LogP contribution < -0.4 is 5.73 Å². The summed E-state index contributed by atoms with van der Waals surface area (Å²) in [7, 11) is 0. The monoisotopic (exact) mass is 244 g/mol. The molecule has 0 heterocycles. The summed E-state index contributed by atoms with van der Waals surface area (Å²) >= 11 is 0. The van der Waals surface area contributed by atoms with Crippen LogP contribution in [0.4, 0.5) is 0 Å². The number of carbonyl (C=O) groups excluding carboxylic acids is 1. The Morgan fingerprint density at radius 3 is 2.47 bits per heavy atom. The number of rotatable bonds is 9. The molecule has 0 saturated heterocycles. The van der Waals surface area contributed by atoms with Crippen LogP contribution in [0.15, 0.2) is 0 Å². The highest BCUT2D eigenvalue weighted by Crippen LogP contribution is 2.15. The average Bonchev–Trinajstić information content (AvgIpc) is 2.28. The van der Waals surface area contributed by atoms with E-state index in [1.54, 1.807) is 4.90 Å². The number of carbonyl (C=O) groups is 1. The van der Waals surface area contributed by atoms with Crippen molar-refractivity contribution in [3.05, 3.63) is 0 Å². The second kappa shape index (κ2) is 9.42. The number of aliphatic hydroxyl groups is 1. The minimum Gasteiger partial charge on any atom is -0.396 e. The molecule has 0 aromatic carbocycles. The lowest BCUT2D eigenvalue weighted by Crippen LogP contribution is -2.34. The fourth-order valence-electron chi connectivity index (χ4n) is 2.03. The number of hydrogen-bond donors (Lipinski definition) is 2. The van der Waals surface area contributed by atoms with E-state index < -0.39 is 0 Å². The van der Waals surface area contributed by atoms with Gasteiger partial charge in [-0.15, -0.1) is 0 Å². The van der Waals surface area contributed by atoms with Crippen molar-refractivity contribution in [1.29, 1.82) is 0 Å². The second-order valence-electron chi connectivity index (χ2n) is 4.99. The molecule has 0 aromatic heterocycles. The Bertz CT molecular complexity index is 208. The Morgan fingerprint density at radius 1 is 1.41 bits per heavy atom. The molecule has 0 fully saturated rings. The molecule has 1 atom stereocenters. The summed E-state index contributed by atoms with van der Waals surface area (Å²) in [5.74, 6) is 1.02. The van der Waals surface area contributed by atoms with Gasteiger partial charge in [0, 0.05) is 26.1 Å². The first-order valence-corrected chi connectivity index (χ1v) is 6.63. The fraction of sp³-hybridized carbons (Fsp3) is 0.923. The Morgan fingerprint density at radius 2 is 2.06 bits per heavy atom. The van der Waals surface area contributed by atoms with Crippen molar-refractivity contribution in [2.75, 3.05) is 26.2 Å². The highest BCUT2D eigenvalue weighted by atomic mass is 16.3. The molecule has 0 radical (unpaired) electrons.